The lowest BCUT2D eigenvalue weighted by atomic mass is 9.97. The van der Waals surface area contributed by atoms with E-state index in [1.165, 1.54) is 5.56 Å². The van der Waals surface area contributed by atoms with E-state index in [-0.39, 0.29) is 23.9 Å². The van der Waals surface area contributed by atoms with Crippen LogP contribution >= 0.6 is 0 Å². The third-order valence-electron chi connectivity index (χ3n) is 6.09. The summed E-state index contributed by atoms with van der Waals surface area (Å²) in [6.07, 6.45) is 3.58. The van der Waals surface area contributed by atoms with Gasteiger partial charge in [-0.05, 0) is 32.3 Å². The smallest absolute Gasteiger partial charge is 0.257 e. The first-order chi connectivity index (χ1) is 14.8. The number of hydrogen-bond donors (Lipinski definition) is 1. The number of amides is 2. The van der Waals surface area contributed by atoms with Gasteiger partial charge in [-0.25, -0.2) is 0 Å². The molecule has 0 saturated heterocycles. The van der Waals surface area contributed by atoms with Gasteiger partial charge in [0.05, 0.1) is 12.1 Å². The molecule has 164 valence electrons. The summed E-state index contributed by atoms with van der Waals surface area (Å²) in [5.74, 6) is 0.485. The molecule has 3 atom stereocenters. The highest BCUT2D eigenvalue weighted by atomic mass is 16.2. The highest BCUT2D eigenvalue weighted by molar-refractivity contribution is 6.21. The first-order valence-corrected chi connectivity index (χ1v) is 10.8. The van der Waals surface area contributed by atoms with Crippen LogP contribution in [-0.4, -0.2) is 77.1 Å². The average Bonchev–Trinajstić information content (AvgIpc) is 2.75. The number of carbonyl (C=O) groups excluding carboxylic acids is 2. The van der Waals surface area contributed by atoms with Crippen molar-refractivity contribution in [1.82, 2.24) is 20.0 Å². The summed E-state index contributed by atoms with van der Waals surface area (Å²) in [5, 5.41) is 2.81. The van der Waals surface area contributed by atoms with E-state index in [0.717, 1.165) is 25.1 Å². The third kappa shape index (κ3) is 4.19. The number of benzene rings is 1. The van der Waals surface area contributed by atoms with Crippen LogP contribution in [0.2, 0.25) is 0 Å². The molecule has 0 aliphatic carbocycles. The summed E-state index contributed by atoms with van der Waals surface area (Å²) < 4.78 is 0. The number of carbonyl (C=O) groups is 2. The van der Waals surface area contributed by atoms with Crippen LogP contribution in [0, 0.1) is 0 Å². The van der Waals surface area contributed by atoms with Crippen molar-refractivity contribution in [2.75, 3.05) is 20.6 Å². The summed E-state index contributed by atoms with van der Waals surface area (Å²) in [4.78, 5) is 41.4. The summed E-state index contributed by atoms with van der Waals surface area (Å²) >= 11 is 0. The summed E-state index contributed by atoms with van der Waals surface area (Å²) in [6.45, 7) is 5.58. The number of fused-ring (bicyclic) bond motifs is 1. The normalized spacial score (nSPS) is 25.7. The van der Waals surface area contributed by atoms with Gasteiger partial charge in [-0.15, -0.1) is 0 Å². The first kappa shape index (κ1) is 21.1. The maximum absolute atomic E-state index is 13.7. The summed E-state index contributed by atoms with van der Waals surface area (Å²) in [7, 11) is 3.62. The van der Waals surface area contributed by atoms with Crippen molar-refractivity contribution in [2.45, 2.75) is 51.4 Å². The third-order valence-corrected chi connectivity index (χ3v) is 6.09. The standard InChI is InChI=1S/C23H30N6O2/c1-15-16(2)29(19-20(24-15)25-23(27(3)4)26-21(19)30)22(31)18-11-8-12-28(14-18)13-17-9-6-5-7-10-17/h5-7,9-10,14-16,19H,8,11-13H2,1-4H3,(H,24,25,26,30). The number of aliphatic imine (C=N–C) groups is 2. The van der Waals surface area contributed by atoms with E-state index in [4.69, 9.17) is 0 Å². The second-order valence-electron chi connectivity index (χ2n) is 8.62. The Morgan fingerprint density at radius 2 is 1.97 bits per heavy atom. The molecule has 3 aliphatic heterocycles. The van der Waals surface area contributed by atoms with Crippen molar-refractivity contribution in [3.05, 3.63) is 47.7 Å². The molecule has 4 rings (SSSR count). The highest BCUT2D eigenvalue weighted by Gasteiger charge is 2.45. The molecule has 3 unspecified atom stereocenters. The molecule has 1 aromatic rings. The van der Waals surface area contributed by atoms with E-state index in [1.54, 1.807) is 9.80 Å². The molecule has 1 aromatic carbocycles. The molecular weight excluding hydrogens is 392 g/mol. The lowest BCUT2D eigenvalue weighted by Crippen LogP contribution is -2.65. The van der Waals surface area contributed by atoms with E-state index >= 15 is 0 Å². The fourth-order valence-corrected chi connectivity index (χ4v) is 4.23. The number of rotatable bonds is 3. The van der Waals surface area contributed by atoms with E-state index in [9.17, 15) is 9.59 Å². The number of nitrogens with zero attached hydrogens (tertiary/aromatic N) is 5. The Hall–Kier alpha value is -3.16. The van der Waals surface area contributed by atoms with E-state index in [1.807, 2.05) is 52.3 Å². The monoisotopic (exact) mass is 422 g/mol. The molecule has 3 heterocycles. The predicted octanol–water partition coefficient (Wildman–Crippen LogP) is 1.60. The zero-order valence-electron chi connectivity index (χ0n) is 18.6. The lowest BCUT2D eigenvalue weighted by molar-refractivity contribution is -0.138. The van der Waals surface area contributed by atoms with Crippen molar-refractivity contribution in [2.24, 2.45) is 9.98 Å². The van der Waals surface area contributed by atoms with E-state index in [0.29, 0.717) is 18.2 Å². The minimum Gasteiger partial charge on any atom is -0.373 e. The summed E-state index contributed by atoms with van der Waals surface area (Å²) in [5.41, 5.74) is 1.94. The van der Waals surface area contributed by atoms with Crippen LogP contribution in [0.15, 0.2) is 52.1 Å². The lowest BCUT2D eigenvalue weighted by Gasteiger charge is -2.43. The molecule has 0 fully saturated rings. The predicted molar refractivity (Wildman–Crippen MR) is 120 cm³/mol. The van der Waals surface area contributed by atoms with Gasteiger partial charge in [0.1, 0.15) is 0 Å². The molecule has 8 heteroatoms. The van der Waals surface area contributed by atoms with Crippen LogP contribution in [0.25, 0.3) is 0 Å². The Morgan fingerprint density at radius 3 is 2.68 bits per heavy atom. The van der Waals surface area contributed by atoms with Gasteiger partial charge in [0, 0.05) is 39.0 Å². The van der Waals surface area contributed by atoms with Crippen molar-refractivity contribution >= 4 is 23.6 Å². The van der Waals surface area contributed by atoms with Gasteiger partial charge in [0.2, 0.25) is 5.96 Å². The molecule has 1 N–H and O–H groups in total. The van der Waals surface area contributed by atoms with Gasteiger partial charge in [-0.1, -0.05) is 30.3 Å². The Labute approximate surface area is 183 Å². The molecule has 0 aromatic heterocycles. The fourth-order valence-electron chi connectivity index (χ4n) is 4.23. The molecular formula is C23H30N6O2. The minimum atomic E-state index is -0.798. The zero-order valence-corrected chi connectivity index (χ0v) is 18.6. The maximum Gasteiger partial charge on any atom is 0.257 e. The van der Waals surface area contributed by atoms with Crippen LogP contribution in [-0.2, 0) is 16.1 Å². The molecule has 0 bridgehead atoms. The van der Waals surface area contributed by atoms with Crippen LogP contribution in [0.4, 0.5) is 0 Å². The average molecular weight is 423 g/mol. The number of hydrogen-bond acceptors (Lipinski definition) is 6. The van der Waals surface area contributed by atoms with Crippen molar-refractivity contribution in [3.8, 4) is 0 Å². The summed E-state index contributed by atoms with van der Waals surface area (Å²) in [6, 6.07) is 9.09. The van der Waals surface area contributed by atoms with Gasteiger partial charge in [-0.2, -0.15) is 4.99 Å². The van der Waals surface area contributed by atoms with E-state index in [2.05, 4.69) is 32.3 Å². The Balaban J connectivity index is 1.61. The second-order valence-corrected chi connectivity index (χ2v) is 8.62. The molecule has 0 saturated carbocycles. The van der Waals surface area contributed by atoms with Crippen molar-refractivity contribution in [1.29, 1.82) is 0 Å². The zero-order chi connectivity index (χ0) is 22.1. The van der Waals surface area contributed by atoms with Gasteiger partial charge >= 0.3 is 0 Å². The molecule has 31 heavy (non-hydrogen) atoms. The van der Waals surface area contributed by atoms with Gasteiger partial charge in [0.25, 0.3) is 11.8 Å². The minimum absolute atomic E-state index is 0.104. The topological polar surface area (TPSA) is 80.6 Å². The molecule has 8 nitrogen and oxygen atoms in total. The van der Waals surface area contributed by atoms with Crippen LogP contribution in [0.1, 0.15) is 32.3 Å². The second kappa shape index (κ2) is 8.53. The molecule has 0 radical (unpaired) electrons. The van der Waals surface area contributed by atoms with Gasteiger partial charge < -0.3 is 14.7 Å². The fraction of sp³-hybridized carbons (Fsp3) is 0.478. The molecule has 3 aliphatic rings. The van der Waals surface area contributed by atoms with E-state index < -0.39 is 6.04 Å². The first-order valence-electron chi connectivity index (χ1n) is 10.8. The van der Waals surface area contributed by atoms with Crippen LogP contribution < -0.4 is 5.32 Å². The Kier molecular flexibility index (Phi) is 5.80. The largest absolute Gasteiger partial charge is 0.373 e. The van der Waals surface area contributed by atoms with Gasteiger partial charge in [-0.3, -0.25) is 19.9 Å². The van der Waals surface area contributed by atoms with Gasteiger partial charge in [0.15, 0.2) is 11.9 Å². The van der Waals surface area contributed by atoms with Crippen molar-refractivity contribution in [3.63, 3.8) is 0 Å². The Bertz CT molecular complexity index is 952. The highest BCUT2D eigenvalue weighted by Crippen LogP contribution is 2.27. The maximum atomic E-state index is 13.7. The number of guanidine groups is 1. The van der Waals surface area contributed by atoms with Crippen LogP contribution in [0.3, 0.4) is 0 Å². The Morgan fingerprint density at radius 1 is 1.23 bits per heavy atom. The molecule has 2 amide bonds. The van der Waals surface area contributed by atoms with Crippen LogP contribution in [0.5, 0.6) is 0 Å². The molecule has 0 spiro atoms. The number of amidine groups is 1. The quantitative estimate of drug-likeness (QED) is 0.802. The van der Waals surface area contributed by atoms with Crippen molar-refractivity contribution < 1.29 is 9.59 Å². The SMILES string of the molecule is CC1N=C2N=C(N(C)C)NC(=O)C2N(C(=O)C2=CN(Cc3ccccc3)CCC2)C1C. The number of nitrogens with one attached hydrogen (secondary N) is 1.